The molecule has 13 nitrogen and oxygen atoms in total. The maximum absolute atomic E-state index is 14.1. The minimum Gasteiger partial charge on any atom is -0.495 e. The molecule has 5 N–H and O–H groups in total. The van der Waals surface area contributed by atoms with Gasteiger partial charge >= 0.3 is 0 Å². The number of aromatic nitrogens is 2. The Labute approximate surface area is 299 Å². The van der Waals surface area contributed by atoms with E-state index in [0.29, 0.717) is 60.1 Å². The molecule has 1 aliphatic rings. The summed E-state index contributed by atoms with van der Waals surface area (Å²) in [6.07, 6.45) is 2.94. The average molecular weight is 699 g/mol. The Balaban J connectivity index is 1.33. The van der Waals surface area contributed by atoms with Crippen molar-refractivity contribution in [3.8, 4) is 22.6 Å². The molecule has 1 fully saturated rings. The molecule has 0 aliphatic carbocycles. The standard InChI is InChI=1S/C38H50N8O5/c1-25-13-16-30(31(24-25)51-23-8-6-7-12-32(47)46-21-19-43(2)20-22-46)45(4)37(49)28-15-14-27(35(50-5)33(28)36(40)48)26-10-9-11-29-34(26)42-38(41-29)44(3)18-17-39/h9-11,13-16,24H,6-8,12,17-23,39H2,1-5H3,(H2,40,48)(H,41,42). The Kier molecular flexibility index (Phi) is 12.2. The summed E-state index contributed by atoms with van der Waals surface area (Å²) in [5, 5.41) is 0. The minimum atomic E-state index is -0.797. The fourth-order valence-electron chi connectivity index (χ4n) is 6.40. The summed E-state index contributed by atoms with van der Waals surface area (Å²) in [5.41, 5.74) is 16.0. The number of nitrogens with zero attached hydrogens (tertiary/aromatic N) is 5. The van der Waals surface area contributed by atoms with Crippen LogP contribution in [0, 0.1) is 6.92 Å². The average Bonchev–Trinajstić information content (AvgIpc) is 3.57. The zero-order valence-corrected chi connectivity index (χ0v) is 30.3. The largest absolute Gasteiger partial charge is 0.495 e. The molecular formula is C38H50N8O5. The third kappa shape index (κ3) is 8.43. The van der Waals surface area contributed by atoms with Crippen LogP contribution in [0.1, 0.15) is 52.0 Å². The lowest BCUT2D eigenvalue weighted by molar-refractivity contribution is -0.132. The van der Waals surface area contributed by atoms with Gasteiger partial charge in [-0.3, -0.25) is 14.4 Å². The molecular weight excluding hydrogens is 648 g/mol. The number of primary amides is 1. The van der Waals surface area contributed by atoms with Crippen molar-refractivity contribution in [3.63, 3.8) is 0 Å². The monoisotopic (exact) mass is 698 g/mol. The first kappa shape index (κ1) is 37.1. The number of piperazine rings is 1. The van der Waals surface area contributed by atoms with Crippen molar-refractivity contribution in [2.45, 2.75) is 32.6 Å². The molecule has 2 heterocycles. The predicted octanol–water partition coefficient (Wildman–Crippen LogP) is 4.03. The molecule has 13 heteroatoms. The van der Waals surface area contributed by atoms with E-state index in [1.54, 1.807) is 19.2 Å². The van der Waals surface area contributed by atoms with E-state index in [0.717, 1.165) is 56.5 Å². The first-order chi connectivity index (χ1) is 24.5. The molecule has 272 valence electrons. The van der Waals surface area contributed by atoms with Gasteiger partial charge in [-0.2, -0.15) is 0 Å². The number of H-pyrrole nitrogens is 1. The van der Waals surface area contributed by atoms with Gasteiger partial charge in [-0.15, -0.1) is 0 Å². The van der Waals surface area contributed by atoms with E-state index in [2.05, 4.69) is 16.9 Å². The SMILES string of the molecule is COc1c(-c2cccc3[nH]c(N(C)CCN)nc23)ccc(C(=O)N(C)c2ccc(C)cc2OCCCCCC(=O)N2CCN(C)CC2)c1C(N)=O. The second kappa shape index (κ2) is 16.7. The molecule has 0 saturated carbocycles. The van der Waals surface area contributed by atoms with E-state index in [-0.39, 0.29) is 22.8 Å². The molecule has 3 aromatic carbocycles. The fraction of sp³-hybridized carbons (Fsp3) is 0.421. The number of hydrogen-bond acceptors (Lipinski definition) is 9. The van der Waals surface area contributed by atoms with Crippen LogP contribution in [-0.4, -0.2) is 112 Å². The van der Waals surface area contributed by atoms with Crippen molar-refractivity contribution in [1.82, 2.24) is 19.8 Å². The van der Waals surface area contributed by atoms with Crippen molar-refractivity contribution in [2.24, 2.45) is 11.5 Å². The Hall–Kier alpha value is -5.14. The van der Waals surface area contributed by atoms with Gasteiger partial charge in [-0.05, 0) is 69.1 Å². The number of aryl methyl sites for hydroxylation is 1. The highest BCUT2D eigenvalue weighted by Gasteiger charge is 2.28. The minimum absolute atomic E-state index is 0.0273. The second-order valence-corrected chi connectivity index (χ2v) is 13.1. The van der Waals surface area contributed by atoms with Gasteiger partial charge in [-0.25, -0.2) is 4.98 Å². The van der Waals surface area contributed by atoms with Gasteiger partial charge in [0.2, 0.25) is 11.9 Å². The number of unbranched alkanes of at least 4 members (excludes halogenated alkanes) is 2. The number of rotatable bonds is 15. The third-order valence-corrected chi connectivity index (χ3v) is 9.38. The summed E-state index contributed by atoms with van der Waals surface area (Å²) in [6, 6.07) is 14.6. The number of amides is 3. The summed E-state index contributed by atoms with van der Waals surface area (Å²) < 4.78 is 12.0. The molecule has 0 atom stereocenters. The van der Waals surface area contributed by atoms with Gasteiger partial charge in [0.15, 0.2) is 0 Å². The van der Waals surface area contributed by atoms with E-state index in [1.165, 1.54) is 12.0 Å². The topological polar surface area (TPSA) is 163 Å². The Morgan fingerprint density at radius 2 is 1.75 bits per heavy atom. The zero-order chi connectivity index (χ0) is 36.7. The van der Waals surface area contributed by atoms with Crippen LogP contribution in [0.15, 0.2) is 48.5 Å². The molecule has 1 aromatic heterocycles. The van der Waals surface area contributed by atoms with Crippen molar-refractivity contribution in [3.05, 3.63) is 65.2 Å². The number of anilines is 2. The summed E-state index contributed by atoms with van der Waals surface area (Å²) in [5.74, 6) is 0.342. The Morgan fingerprint density at radius 3 is 2.45 bits per heavy atom. The fourth-order valence-corrected chi connectivity index (χ4v) is 6.40. The molecule has 4 aromatic rings. The number of hydrogen-bond donors (Lipinski definition) is 3. The zero-order valence-electron chi connectivity index (χ0n) is 30.3. The third-order valence-electron chi connectivity index (χ3n) is 9.38. The number of methoxy groups -OCH3 is 1. The molecule has 0 bridgehead atoms. The number of nitrogens with two attached hydrogens (primary N) is 2. The molecule has 0 radical (unpaired) electrons. The number of aromatic amines is 1. The van der Waals surface area contributed by atoms with Crippen LogP contribution in [0.4, 0.5) is 11.6 Å². The van der Waals surface area contributed by atoms with Crippen molar-refractivity contribution in [1.29, 1.82) is 0 Å². The maximum atomic E-state index is 14.1. The lowest BCUT2D eigenvalue weighted by Gasteiger charge is -2.32. The van der Waals surface area contributed by atoms with Crippen LogP contribution >= 0.6 is 0 Å². The summed E-state index contributed by atoms with van der Waals surface area (Å²) >= 11 is 0. The molecule has 0 spiro atoms. The molecule has 5 rings (SSSR count). The van der Waals surface area contributed by atoms with Crippen LogP contribution in [0.3, 0.4) is 0 Å². The molecule has 3 amide bonds. The van der Waals surface area contributed by atoms with Crippen LogP contribution in [0.2, 0.25) is 0 Å². The van der Waals surface area contributed by atoms with E-state index in [4.69, 9.17) is 25.9 Å². The van der Waals surface area contributed by atoms with E-state index >= 15 is 0 Å². The lowest BCUT2D eigenvalue weighted by atomic mass is 9.95. The van der Waals surface area contributed by atoms with Crippen molar-refractivity contribution in [2.75, 3.05) is 83.9 Å². The van der Waals surface area contributed by atoms with Crippen molar-refractivity contribution < 1.29 is 23.9 Å². The number of likely N-dealkylation sites (N-methyl/N-ethyl adjacent to an activating group) is 2. The first-order valence-electron chi connectivity index (χ1n) is 17.4. The number of nitrogens with one attached hydrogen (secondary N) is 1. The highest BCUT2D eigenvalue weighted by atomic mass is 16.5. The Bertz CT molecular complexity index is 1870. The highest BCUT2D eigenvalue weighted by Crippen LogP contribution is 2.39. The van der Waals surface area contributed by atoms with Gasteiger partial charge in [0.1, 0.15) is 11.5 Å². The van der Waals surface area contributed by atoms with Crippen LogP contribution in [-0.2, 0) is 4.79 Å². The van der Waals surface area contributed by atoms with Crippen LogP contribution in [0.5, 0.6) is 11.5 Å². The number of ether oxygens (including phenoxy) is 2. The molecule has 1 aliphatic heterocycles. The smallest absolute Gasteiger partial charge is 0.259 e. The lowest BCUT2D eigenvalue weighted by Crippen LogP contribution is -2.47. The number of carbonyl (C=O) groups is 3. The van der Waals surface area contributed by atoms with E-state index in [1.807, 2.05) is 60.2 Å². The summed E-state index contributed by atoms with van der Waals surface area (Å²) in [6.45, 7) is 6.87. The van der Waals surface area contributed by atoms with Gasteiger partial charge in [0.25, 0.3) is 11.8 Å². The first-order valence-corrected chi connectivity index (χ1v) is 17.4. The summed E-state index contributed by atoms with van der Waals surface area (Å²) in [7, 11) is 7.06. The van der Waals surface area contributed by atoms with Crippen LogP contribution in [0.25, 0.3) is 22.2 Å². The second-order valence-electron chi connectivity index (χ2n) is 13.1. The number of fused-ring (bicyclic) bond motifs is 1. The van der Waals surface area contributed by atoms with Crippen molar-refractivity contribution >= 4 is 40.4 Å². The quantitative estimate of drug-likeness (QED) is 0.156. The highest BCUT2D eigenvalue weighted by molar-refractivity contribution is 6.15. The number of para-hydroxylation sites is 1. The predicted molar refractivity (Wildman–Crippen MR) is 201 cm³/mol. The van der Waals surface area contributed by atoms with Gasteiger partial charge in [0, 0.05) is 70.9 Å². The summed E-state index contributed by atoms with van der Waals surface area (Å²) in [4.78, 5) is 55.5. The maximum Gasteiger partial charge on any atom is 0.259 e. The number of carbonyl (C=O) groups excluding carboxylic acids is 3. The Morgan fingerprint density at radius 1 is 0.980 bits per heavy atom. The van der Waals surface area contributed by atoms with E-state index < -0.39 is 11.8 Å². The van der Waals surface area contributed by atoms with Gasteiger partial charge in [0.05, 0.1) is 41.6 Å². The van der Waals surface area contributed by atoms with E-state index in [9.17, 15) is 14.4 Å². The molecule has 1 saturated heterocycles. The number of imidazole rings is 1. The normalized spacial score (nSPS) is 13.3. The van der Waals surface area contributed by atoms with Gasteiger partial charge in [-0.1, -0.05) is 18.2 Å². The van der Waals surface area contributed by atoms with Crippen LogP contribution < -0.4 is 30.7 Å². The molecule has 0 unspecified atom stereocenters. The number of benzene rings is 3. The van der Waals surface area contributed by atoms with Gasteiger partial charge < -0.3 is 45.5 Å². The molecule has 51 heavy (non-hydrogen) atoms.